The molecule has 1 saturated heterocycles. The molecule has 1 aliphatic heterocycles. The van der Waals surface area contributed by atoms with Gasteiger partial charge in [0.2, 0.25) is 0 Å². The van der Waals surface area contributed by atoms with Crippen LogP contribution in [0.1, 0.15) is 21.5 Å². The Kier molecular flexibility index (Phi) is 3.99. The Morgan fingerprint density at radius 2 is 2.28 bits per heavy atom. The van der Waals surface area contributed by atoms with Crippen molar-refractivity contribution in [2.75, 3.05) is 26.3 Å². The molecule has 1 amide bonds. The van der Waals surface area contributed by atoms with E-state index in [4.69, 9.17) is 9.84 Å². The fourth-order valence-electron chi connectivity index (χ4n) is 2.15. The van der Waals surface area contributed by atoms with E-state index in [1.807, 2.05) is 32.0 Å². The number of nitrogens with zero attached hydrogens (tertiary/aromatic N) is 1. The number of morpholine rings is 1. The molecule has 1 aromatic rings. The molecule has 0 aliphatic carbocycles. The molecule has 0 saturated carbocycles. The second kappa shape index (κ2) is 5.50. The number of carbonyl (C=O) groups excluding carboxylic acids is 1. The summed E-state index contributed by atoms with van der Waals surface area (Å²) in [6.45, 7) is 5.41. The van der Waals surface area contributed by atoms with Crippen molar-refractivity contribution in [2.24, 2.45) is 0 Å². The van der Waals surface area contributed by atoms with Crippen LogP contribution in [0.5, 0.6) is 0 Å². The lowest BCUT2D eigenvalue weighted by molar-refractivity contribution is -0.0447. The molecule has 0 aromatic heterocycles. The molecule has 1 aromatic carbocycles. The molecular formula is C14H19NO3. The van der Waals surface area contributed by atoms with Crippen LogP contribution in [0.25, 0.3) is 0 Å². The van der Waals surface area contributed by atoms with E-state index in [9.17, 15) is 4.79 Å². The van der Waals surface area contributed by atoms with Crippen molar-refractivity contribution in [3.05, 3.63) is 34.9 Å². The third-order valence-corrected chi connectivity index (χ3v) is 3.25. The Hall–Kier alpha value is -1.39. The van der Waals surface area contributed by atoms with Gasteiger partial charge in [-0.25, -0.2) is 0 Å². The van der Waals surface area contributed by atoms with Gasteiger partial charge in [0.05, 0.1) is 19.3 Å². The van der Waals surface area contributed by atoms with Gasteiger partial charge in [-0.3, -0.25) is 4.79 Å². The second-order valence-corrected chi connectivity index (χ2v) is 4.74. The standard InChI is InChI=1S/C14H19NO3/c1-10-3-4-11(2)13(7-10)14(17)15-5-6-18-12(8-15)9-16/h3-4,7,12,16H,5-6,8-9H2,1-2H3. The summed E-state index contributed by atoms with van der Waals surface area (Å²) in [7, 11) is 0. The summed E-state index contributed by atoms with van der Waals surface area (Å²) >= 11 is 0. The number of hydrogen-bond acceptors (Lipinski definition) is 3. The number of aliphatic hydroxyl groups is 1. The molecule has 4 nitrogen and oxygen atoms in total. The third-order valence-electron chi connectivity index (χ3n) is 3.25. The fraction of sp³-hybridized carbons (Fsp3) is 0.500. The molecule has 0 spiro atoms. The lowest BCUT2D eigenvalue weighted by Crippen LogP contribution is -2.47. The number of amides is 1. The Morgan fingerprint density at radius 3 is 3.00 bits per heavy atom. The van der Waals surface area contributed by atoms with Crippen LogP contribution in [0.4, 0.5) is 0 Å². The predicted molar refractivity (Wildman–Crippen MR) is 68.6 cm³/mol. The average molecular weight is 249 g/mol. The van der Waals surface area contributed by atoms with Crippen LogP contribution in [0.15, 0.2) is 18.2 Å². The summed E-state index contributed by atoms with van der Waals surface area (Å²) in [6.07, 6.45) is -0.257. The van der Waals surface area contributed by atoms with Crippen molar-refractivity contribution in [2.45, 2.75) is 20.0 Å². The SMILES string of the molecule is Cc1ccc(C)c(C(=O)N2CCOC(CO)C2)c1. The zero-order chi connectivity index (χ0) is 13.1. The van der Waals surface area contributed by atoms with Gasteiger partial charge in [0.1, 0.15) is 0 Å². The van der Waals surface area contributed by atoms with E-state index in [0.717, 1.165) is 16.7 Å². The number of ether oxygens (including phenoxy) is 1. The molecule has 1 fully saturated rings. The molecule has 98 valence electrons. The molecule has 1 unspecified atom stereocenters. The number of aryl methyl sites for hydroxylation is 2. The molecule has 1 aliphatic rings. The maximum Gasteiger partial charge on any atom is 0.254 e. The first-order valence-corrected chi connectivity index (χ1v) is 6.21. The van der Waals surface area contributed by atoms with Gasteiger partial charge < -0.3 is 14.7 Å². The topological polar surface area (TPSA) is 49.8 Å². The summed E-state index contributed by atoms with van der Waals surface area (Å²) in [5.41, 5.74) is 2.81. The maximum absolute atomic E-state index is 12.4. The molecular weight excluding hydrogens is 230 g/mol. The third kappa shape index (κ3) is 2.71. The van der Waals surface area contributed by atoms with Gasteiger partial charge in [-0.05, 0) is 25.5 Å². The minimum atomic E-state index is -0.257. The maximum atomic E-state index is 12.4. The van der Waals surface area contributed by atoms with Gasteiger partial charge in [0.25, 0.3) is 5.91 Å². The first-order chi connectivity index (χ1) is 8.61. The second-order valence-electron chi connectivity index (χ2n) is 4.74. The Morgan fingerprint density at radius 1 is 1.50 bits per heavy atom. The van der Waals surface area contributed by atoms with E-state index >= 15 is 0 Å². The summed E-state index contributed by atoms with van der Waals surface area (Å²) in [5, 5.41) is 9.10. The molecule has 0 bridgehead atoms. The van der Waals surface area contributed by atoms with Gasteiger partial charge in [-0.2, -0.15) is 0 Å². The van der Waals surface area contributed by atoms with Crippen LogP contribution in [0.2, 0.25) is 0 Å². The highest BCUT2D eigenvalue weighted by molar-refractivity contribution is 5.95. The normalized spacial score (nSPS) is 19.9. The Bertz CT molecular complexity index is 445. The zero-order valence-electron chi connectivity index (χ0n) is 10.8. The van der Waals surface area contributed by atoms with Gasteiger partial charge >= 0.3 is 0 Å². The van der Waals surface area contributed by atoms with Crippen molar-refractivity contribution in [3.63, 3.8) is 0 Å². The number of rotatable bonds is 2. The number of hydrogen-bond donors (Lipinski definition) is 1. The summed E-state index contributed by atoms with van der Waals surface area (Å²) in [5.74, 6) is 0.0259. The summed E-state index contributed by atoms with van der Waals surface area (Å²) < 4.78 is 5.35. The minimum absolute atomic E-state index is 0.0259. The minimum Gasteiger partial charge on any atom is -0.394 e. The van der Waals surface area contributed by atoms with Crippen molar-refractivity contribution in [1.82, 2.24) is 4.90 Å². The van der Waals surface area contributed by atoms with E-state index in [0.29, 0.717) is 19.7 Å². The quantitative estimate of drug-likeness (QED) is 0.855. The van der Waals surface area contributed by atoms with Crippen LogP contribution < -0.4 is 0 Å². The van der Waals surface area contributed by atoms with Crippen molar-refractivity contribution in [1.29, 1.82) is 0 Å². The number of aliphatic hydroxyl groups excluding tert-OH is 1. The van der Waals surface area contributed by atoms with E-state index in [1.165, 1.54) is 0 Å². The van der Waals surface area contributed by atoms with Crippen LogP contribution in [-0.4, -0.2) is 48.3 Å². The summed E-state index contributed by atoms with van der Waals surface area (Å²) in [4.78, 5) is 14.2. The van der Waals surface area contributed by atoms with Crippen LogP contribution in [-0.2, 0) is 4.74 Å². The average Bonchev–Trinajstić information content (AvgIpc) is 2.41. The number of carbonyl (C=O) groups is 1. The Labute approximate surface area is 107 Å². The molecule has 1 N–H and O–H groups in total. The summed E-state index contributed by atoms with van der Waals surface area (Å²) in [6, 6.07) is 5.88. The largest absolute Gasteiger partial charge is 0.394 e. The zero-order valence-corrected chi connectivity index (χ0v) is 10.8. The smallest absolute Gasteiger partial charge is 0.254 e. The van der Waals surface area contributed by atoms with Crippen molar-refractivity contribution in [3.8, 4) is 0 Å². The van der Waals surface area contributed by atoms with E-state index < -0.39 is 0 Å². The molecule has 0 radical (unpaired) electrons. The van der Waals surface area contributed by atoms with Crippen molar-refractivity contribution < 1.29 is 14.6 Å². The molecule has 4 heteroatoms. The van der Waals surface area contributed by atoms with E-state index in [-0.39, 0.29) is 18.6 Å². The molecule has 1 heterocycles. The van der Waals surface area contributed by atoms with Gasteiger partial charge in [-0.1, -0.05) is 17.7 Å². The van der Waals surface area contributed by atoms with Gasteiger partial charge in [0.15, 0.2) is 0 Å². The molecule has 18 heavy (non-hydrogen) atoms. The first kappa shape index (κ1) is 13.1. The lowest BCUT2D eigenvalue weighted by Gasteiger charge is -2.32. The molecule has 2 rings (SSSR count). The lowest BCUT2D eigenvalue weighted by atomic mass is 10.0. The van der Waals surface area contributed by atoms with E-state index in [1.54, 1.807) is 4.90 Å². The first-order valence-electron chi connectivity index (χ1n) is 6.21. The fourth-order valence-corrected chi connectivity index (χ4v) is 2.15. The Balaban J connectivity index is 2.17. The van der Waals surface area contributed by atoms with Gasteiger partial charge in [-0.15, -0.1) is 0 Å². The van der Waals surface area contributed by atoms with Crippen LogP contribution in [0, 0.1) is 13.8 Å². The van der Waals surface area contributed by atoms with Gasteiger partial charge in [0, 0.05) is 18.7 Å². The van der Waals surface area contributed by atoms with Crippen molar-refractivity contribution >= 4 is 5.91 Å². The highest BCUT2D eigenvalue weighted by Gasteiger charge is 2.25. The van der Waals surface area contributed by atoms with Crippen LogP contribution in [0.3, 0.4) is 0 Å². The highest BCUT2D eigenvalue weighted by Crippen LogP contribution is 2.15. The monoisotopic (exact) mass is 249 g/mol. The predicted octanol–water partition coefficient (Wildman–Crippen LogP) is 1.14. The highest BCUT2D eigenvalue weighted by atomic mass is 16.5. The van der Waals surface area contributed by atoms with E-state index in [2.05, 4.69) is 0 Å². The molecule has 1 atom stereocenters. The van der Waals surface area contributed by atoms with Crippen LogP contribution >= 0.6 is 0 Å². The number of benzene rings is 1.